The lowest BCUT2D eigenvalue weighted by Gasteiger charge is -2.29. The highest BCUT2D eigenvalue weighted by Gasteiger charge is 2.47. The molecule has 1 aromatic carbocycles. The molecule has 9 heteroatoms. The van der Waals surface area contributed by atoms with Crippen LogP contribution in [0.4, 0.5) is 4.79 Å². The number of para-hydroxylation sites is 1. The molecule has 7 nitrogen and oxygen atoms in total. The van der Waals surface area contributed by atoms with Gasteiger partial charge in [0.15, 0.2) is 0 Å². The van der Waals surface area contributed by atoms with Gasteiger partial charge in [-0.15, -0.1) is 5.10 Å². The zero-order chi connectivity index (χ0) is 19.4. The van der Waals surface area contributed by atoms with Crippen LogP contribution in [-0.2, 0) is 11.3 Å². The van der Waals surface area contributed by atoms with Gasteiger partial charge in [0.25, 0.3) is 0 Å². The van der Waals surface area contributed by atoms with Gasteiger partial charge >= 0.3 is 6.09 Å². The molecule has 3 fully saturated rings. The minimum Gasteiger partial charge on any atom is -0.465 e. The van der Waals surface area contributed by atoms with E-state index < -0.39 is 6.09 Å². The first-order chi connectivity index (χ1) is 13.5. The summed E-state index contributed by atoms with van der Waals surface area (Å²) in [5.74, 6) is 0.662. The second-order valence-corrected chi connectivity index (χ2v) is 8.66. The first-order valence-corrected chi connectivity index (χ1v) is 10.3. The van der Waals surface area contributed by atoms with E-state index in [9.17, 15) is 9.90 Å². The number of amides is 1. The molecule has 3 aliphatic rings. The highest BCUT2D eigenvalue weighted by Crippen LogP contribution is 2.43. The molecule has 2 aliphatic carbocycles. The van der Waals surface area contributed by atoms with Crippen molar-refractivity contribution in [2.24, 2.45) is 5.92 Å². The van der Waals surface area contributed by atoms with Gasteiger partial charge in [0.2, 0.25) is 0 Å². The van der Waals surface area contributed by atoms with Crippen LogP contribution in [0, 0.1) is 5.92 Å². The molecule has 0 radical (unpaired) electrons. The fourth-order valence-corrected chi connectivity index (χ4v) is 5.08. The molecule has 2 saturated carbocycles. The standard InChI is InChI=1S/C19H20Cl2N4O3/c20-13-2-1-3-14(21)18(13)25-15(17(22-23-25)10-4-5-10)9-28-16-7-12-6-11(16)8-24(12)19(26)27/h1-3,10-12,16H,4-9H2,(H,26,27)/t11-,12-,16+/m0/s1. The molecule has 0 spiro atoms. The summed E-state index contributed by atoms with van der Waals surface area (Å²) < 4.78 is 7.97. The summed E-state index contributed by atoms with van der Waals surface area (Å²) in [4.78, 5) is 12.8. The topological polar surface area (TPSA) is 80.5 Å². The summed E-state index contributed by atoms with van der Waals surface area (Å²) in [6.07, 6.45) is 3.04. The molecule has 2 bridgehead atoms. The van der Waals surface area contributed by atoms with Crippen molar-refractivity contribution in [1.82, 2.24) is 19.9 Å². The van der Waals surface area contributed by atoms with Crippen LogP contribution in [-0.4, -0.2) is 49.8 Å². The number of halogens is 2. The minimum absolute atomic E-state index is 0.0534. The smallest absolute Gasteiger partial charge is 0.407 e. The van der Waals surface area contributed by atoms with E-state index in [1.165, 1.54) is 4.90 Å². The number of hydrogen-bond donors (Lipinski definition) is 1. The molecule has 1 saturated heterocycles. The van der Waals surface area contributed by atoms with E-state index in [1.54, 1.807) is 22.9 Å². The summed E-state index contributed by atoms with van der Waals surface area (Å²) in [5.41, 5.74) is 2.45. The molecule has 2 aromatic rings. The lowest BCUT2D eigenvalue weighted by molar-refractivity contribution is -0.00978. The Morgan fingerprint density at radius 1 is 1.25 bits per heavy atom. The van der Waals surface area contributed by atoms with Crippen molar-refractivity contribution in [3.63, 3.8) is 0 Å². The van der Waals surface area contributed by atoms with Crippen molar-refractivity contribution in [3.05, 3.63) is 39.6 Å². The molecule has 28 heavy (non-hydrogen) atoms. The molecular weight excluding hydrogens is 403 g/mol. The monoisotopic (exact) mass is 422 g/mol. The maximum Gasteiger partial charge on any atom is 0.407 e. The summed E-state index contributed by atoms with van der Waals surface area (Å²) in [6, 6.07) is 5.42. The molecule has 1 aliphatic heterocycles. The van der Waals surface area contributed by atoms with Crippen LogP contribution in [0.2, 0.25) is 10.0 Å². The number of carboxylic acid groups (broad SMARTS) is 1. The summed E-state index contributed by atoms with van der Waals surface area (Å²) in [6.45, 7) is 0.912. The Morgan fingerprint density at radius 2 is 2.00 bits per heavy atom. The van der Waals surface area contributed by atoms with Gasteiger partial charge in [0.05, 0.1) is 34.1 Å². The number of fused-ring (bicyclic) bond motifs is 2. The number of hydrogen-bond acceptors (Lipinski definition) is 4. The average Bonchev–Trinajstić information content (AvgIpc) is 3.11. The van der Waals surface area contributed by atoms with Crippen molar-refractivity contribution in [1.29, 1.82) is 0 Å². The number of ether oxygens (including phenoxy) is 1. The van der Waals surface area contributed by atoms with Gasteiger partial charge in [-0.1, -0.05) is 34.5 Å². The maximum absolute atomic E-state index is 11.3. The predicted octanol–water partition coefficient (Wildman–Crippen LogP) is 4.11. The SMILES string of the molecule is O=C(O)N1C[C@@H]2C[C@H]1C[C@H]2OCc1c(C2CC2)nnn1-c1c(Cl)cccc1Cl. The number of carbonyl (C=O) groups is 1. The molecule has 1 N–H and O–H groups in total. The summed E-state index contributed by atoms with van der Waals surface area (Å²) >= 11 is 12.8. The molecular formula is C19H20Cl2N4O3. The van der Waals surface area contributed by atoms with Gasteiger partial charge in [-0.25, -0.2) is 9.48 Å². The van der Waals surface area contributed by atoms with Gasteiger partial charge in [-0.2, -0.15) is 0 Å². The number of benzene rings is 1. The lowest BCUT2D eigenvalue weighted by atomic mass is 10.1. The van der Waals surface area contributed by atoms with Crippen molar-refractivity contribution in [2.75, 3.05) is 6.54 Å². The number of nitrogens with zero attached hydrogens (tertiary/aromatic N) is 4. The molecule has 0 unspecified atom stereocenters. The van der Waals surface area contributed by atoms with Crippen molar-refractivity contribution in [3.8, 4) is 5.69 Å². The summed E-state index contributed by atoms with van der Waals surface area (Å²) in [7, 11) is 0. The fourth-order valence-electron chi connectivity index (χ4n) is 4.52. The van der Waals surface area contributed by atoms with Crippen LogP contribution < -0.4 is 0 Å². The number of piperidine rings is 1. The molecule has 2 heterocycles. The molecule has 5 rings (SSSR count). The van der Waals surface area contributed by atoms with E-state index in [-0.39, 0.29) is 18.1 Å². The Labute approximate surface area is 172 Å². The van der Waals surface area contributed by atoms with Crippen LogP contribution in [0.15, 0.2) is 18.2 Å². The van der Waals surface area contributed by atoms with Crippen LogP contribution >= 0.6 is 23.2 Å². The van der Waals surface area contributed by atoms with E-state index >= 15 is 0 Å². The zero-order valence-corrected chi connectivity index (χ0v) is 16.6. The Hall–Kier alpha value is -1.83. The van der Waals surface area contributed by atoms with Gasteiger partial charge in [-0.3, -0.25) is 0 Å². The van der Waals surface area contributed by atoms with Crippen LogP contribution in [0.5, 0.6) is 0 Å². The predicted molar refractivity (Wildman–Crippen MR) is 103 cm³/mol. The van der Waals surface area contributed by atoms with Gasteiger partial charge < -0.3 is 14.7 Å². The average molecular weight is 423 g/mol. The fraction of sp³-hybridized carbons (Fsp3) is 0.526. The molecule has 3 atom stereocenters. The van der Waals surface area contributed by atoms with E-state index in [0.29, 0.717) is 34.8 Å². The first-order valence-electron chi connectivity index (χ1n) is 9.53. The number of aromatic nitrogens is 3. The van der Waals surface area contributed by atoms with Crippen LogP contribution in [0.3, 0.4) is 0 Å². The maximum atomic E-state index is 11.3. The van der Waals surface area contributed by atoms with E-state index in [2.05, 4.69) is 10.3 Å². The summed E-state index contributed by atoms with van der Waals surface area (Å²) in [5, 5.41) is 19.0. The van der Waals surface area contributed by atoms with Crippen molar-refractivity contribution in [2.45, 2.75) is 50.4 Å². The molecule has 1 aromatic heterocycles. The quantitative estimate of drug-likeness (QED) is 0.783. The molecule has 148 valence electrons. The van der Waals surface area contributed by atoms with Gasteiger partial charge in [0, 0.05) is 24.4 Å². The van der Waals surface area contributed by atoms with Crippen molar-refractivity contribution >= 4 is 29.3 Å². The third kappa shape index (κ3) is 3.06. The lowest BCUT2D eigenvalue weighted by Crippen LogP contribution is -2.41. The van der Waals surface area contributed by atoms with Gasteiger partial charge in [0.1, 0.15) is 5.69 Å². The third-order valence-electron chi connectivity index (χ3n) is 6.06. The molecule has 1 amide bonds. The van der Waals surface area contributed by atoms with E-state index in [1.807, 2.05) is 0 Å². The second-order valence-electron chi connectivity index (χ2n) is 7.85. The zero-order valence-electron chi connectivity index (χ0n) is 15.1. The van der Waals surface area contributed by atoms with E-state index in [0.717, 1.165) is 37.1 Å². The van der Waals surface area contributed by atoms with E-state index in [4.69, 9.17) is 27.9 Å². The van der Waals surface area contributed by atoms with Crippen LogP contribution in [0.25, 0.3) is 5.69 Å². The Balaban J connectivity index is 1.38. The third-order valence-corrected chi connectivity index (χ3v) is 6.67. The highest BCUT2D eigenvalue weighted by molar-refractivity contribution is 6.37. The normalized spacial score (nSPS) is 26.2. The Morgan fingerprint density at radius 3 is 2.61 bits per heavy atom. The largest absolute Gasteiger partial charge is 0.465 e. The number of rotatable bonds is 5. The van der Waals surface area contributed by atoms with Crippen molar-refractivity contribution < 1.29 is 14.6 Å². The second kappa shape index (κ2) is 6.90. The van der Waals surface area contributed by atoms with Gasteiger partial charge in [-0.05, 0) is 37.8 Å². The van der Waals surface area contributed by atoms with Crippen LogP contribution in [0.1, 0.15) is 43.0 Å². The Bertz CT molecular complexity index is 910. The minimum atomic E-state index is -0.836. The first kappa shape index (κ1) is 18.2. The highest BCUT2D eigenvalue weighted by atomic mass is 35.5. The Kier molecular flexibility index (Phi) is 4.49. The number of likely N-dealkylation sites (tertiary alicyclic amines) is 1.